The lowest BCUT2D eigenvalue weighted by Gasteiger charge is -2.33. The zero-order valence-electron chi connectivity index (χ0n) is 19.5. The van der Waals surface area contributed by atoms with Crippen LogP contribution in [0.15, 0.2) is 5.10 Å². The number of nitrogens with two attached hydrogens (primary N) is 2. The molecule has 0 aromatic heterocycles. The molecule has 0 radical (unpaired) electrons. The lowest BCUT2D eigenvalue weighted by Crippen LogP contribution is -2.49. The number of alkyl halides is 4. The first-order valence-corrected chi connectivity index (χ1v) is 12.1. The number of hydrazone groups is 1. The third kappa shape index (κ3) is 6.16. The zero-order valence-corrected chi connectivity index (χ0v) is 19.5. The van der Waals surface area contributed by atoms with E-state index in [4.69, 9.17) is 16.3 Å². The smallest absolute Gasteiger partial charge is 0.449 e. The Balaban J connectivity index is 1.19. The van der Waals surface area contributed by atoms with Gasteiger partial charge in [-0.1, -0.05) is 0 Å². The molecule has 4 aliphatic rings. The first-order valence-electron chi connectivity index (χ1n) is 12.1. The summed E-state index contributed by atoms with van der Waals surface area (Å²) in [5.74, 6) is 4.43. The van der Waals surface area contributed by atoms with Crippen molar-refractivity contribution in [1.82, 2.24) is 9.80 Å². The average molecular weight is 508 g/mol. The van der Waals surface area contributed by atoms with Crippen LogP contribution in [0.5, 0.6) is 0 Å². The van der Waals surface area contributed by atoms with Crippen LogP contribution >= 0.6 is 0 Å². The minimum atomic E-state index is -4.63. The van der Waals surface area contributed by atoms with Crippen molar-refractivity contribution in [2.75, 3.05) is 32.8 Å². The van der Waals surface area contributed by atoms with Crippen molar-refractivity contribution in [3.05, 3.63) is 0 Å². The number of fused-ring (bicyclic) bond motifs is 1. The van der Waals surface area contributed by atoms with E-state index in [2.05, 4.69) is 9.84 Å². The highest BCUT2D eigenvalue weighted by Gasteiger charge is 2.47. The van der Waals surface area contributed by atoms with Crippen molar-refractivity contribution >= 4 is 17.7 Å². The number of nitrogens with zero attached hydrogens (tertiary/aromatic N) is 3. The fraction of sp³-hybridized carbons (Fsp3) is 0.864. The van der Waals surface area contributed by atoms with Gasteiger partial charge in [0, 0.05) is 50.5 Å². The Hall–Kier alpha value is -2.15. The minimum absolute atomic E-state index is 0.0152. The number of halogens is 4. The van der Waals surface area contributed by atoms with Crippen LogP contribution in [0.2, 0.25) is 0 Å². The summed E-state index contributed by atoms with van der Waals surface area (Å²) >= 11 is 0. The Morgan fingerprint density at radius 2 is 1.63 bits per heavy atom. The third-order valence-electron chi connectivity index (χ3n) is 7.85. The molecule has 0 spiro atoms. The van der Waals surface area contributed by atoms with E-state index < -0.39 is 36.7 Å². The summed E-state index contributed by atoms with van der Waals surface area (Å²) in [7, 11) is 0. The molecule has 13 heteroatoms. The molecule has 2 saturated carbocycles. The Kier molecular flexibility index (Phi) is 7.74. The lowest BCUT2D eigenvalue weighted by molar-refractivity contribution is -0.345. The molecular formula is C22H33F4N5O4. The van der Waals surface area contributed by atoms with Crippen molar-refractivity contribution < 1.29 is 36.6 Å². The highest BCUT2D eigenvalue weighted by atomic mass is 19.4. The summed E-state index contributed by atoms with van der Waals surface area (Å²) in [5.41, 5.74) is 6.29. The molecule has 0 aromatic rings. The number of carbonyl (C=O) groups excluding carboxylic acids is 2. The SMILES string of the molecule is N/N=C1\CC(C(=O)N2CC3CN(C(=O)OCC4CCC(OC(F)(F)F)CC4)CC3C2)C(F)CC1N. The predicted molar refractivity (Wildman–Crippen MR) is 117 cm³/mol. The van der Waals surface area contributed by atoms with Gasteiger partial charge in [-0.05, 0) is 38.0 Å². The van der Waals surface area contributed by atoms with E-state index in [0.29, 0.717) is 44.7 Å². The van der Waals surface area contributed by atoms with Crippen LogP contribution in [-0.2, 0) is 14.3 Å². The molecule has 4 N–H and O–H groups in total. The van der Waals surface area contributed by atoms with Gasteiger partial charge in [-0.25, -0.2) is 9.18 Å². The van der Waals surface area contributed by atoms with Gasteiger partial charge in [0.1, 0.15) is 6.17 Å². The molecule has 2 heterocycles. The fourth-order valence-electron chi connectivity index (χ4n) is 5.88. The van der Waals surface area contributed by atoms with Crippen LogP contribution in [0.3, 0.4) is 0 Å². The summed E-state index contributed by atoms with van der Waals surface area (Å²) in [4.78, 5) is 28.8. The number of carbonyl (C=O) groups is 2. The Morgan fingerprint density at radius 1 is 1.03 bits per heavy atom. The van der Waals surface area contributed by atoms with Gasteiger partial charge in [0.15, 0.2) is 0 Å². The molecule has 2 saturated heterocycles. The van der Waals surface area contributed by atoms with Crippen molar-refractivity contribution in [2.24, 2.45) is 40.3 Å². The van der Waals surface area contributed by atoms with Gasteiger partial charge in [0.05, 0.1) is 24.3 Å². The van der Waals surface area contributed by atoms with Crippen LogP contribution in [0.4, 0.5) is 22.4 Å². The normalized spacial score (nSPS) is 36.9. The second-order valence-electron chi connectivity index (χ2n) is 10.2. The summed E-state index contributed by atoms with van der Waals surface area (Å²) < 4.78 is 61.1. The van der Waals surface area contributed by atoms with Gasteiger partial charge >= 0.3 is 12.5 Å². The van der Waals surface area contributed by atoms with Crippen LogP contribution < -0.4 is 11.6 Å². The fourth-order valence-corrected chi connectivity index (χ4v) is 5.88. The van der Waals surface area contributed by atoms with E-state index in [1.165, 1.54) is 0 Å². The number of likely N-dealkylation sites (tertiary alicyclic amines) is 2. The zero-order chi connectivity index (χ0) is 25.3. The van der Waals surface area contributed by atoms with E-state index in [-0.39, 0.29) is 56.0 Å². The Morgan fingerprint density at radius 3 is 2.20 bits per heavy atom. The topological polar surface area (TPSA) is 123 Å². The standard InChI is InChI=1S/C22H33F4N5O4/c23-17-6-18(27)19(29-28)5-16(17)20(32)30-7-13-9-31(10-14(13)8-30)21(33)34-11-12-1-3-15(4-2-12)35-22(24,25)26/h12-18H,1-11,27-28H2/b29-19+. The number of rotatable bonds is 4. The van der Waals surface area contributed by atoms with E-state index in [0.717, 1.165) is 0 Å². The minimum Gasteiger partial charge on any atom is -0.449 e. The highest BCUT2D eigenvalue weighted by Crippen LogP contribution is 2.35. The van der Waals surface area contributed by atoms with Crippen molar-refractivity contribution in [3.63, 3.8) is 0 Å². The molecular weight excluding hydrogens is 474 g/mol. The quantitative estimate of drug-likeness (QED) is 0.341. The van der Waals surface area contributed by atoms with Crippen LogP contribution in [0.1, 0.15) is 38.5 Å². The molecule has 5 unspecified atom stereocenters. The van der Waals surface area contributed by atoms with E-state index in [9.17, 15) is 27.2 Å². The maximum atomic E-state index is 14.6. The first-order chi connectivity index (χ1) is 16.5. The van der Waals surface area contributed by atoms with Crippen LogP contribution in [-0.4, -0.2) is 85.0 Å². The van der Waals surface area contributed by atoms with Crippen LogP contribution in [0.25, 0.3) is 0 Å². The predicted octanol–water partition coefficient (Wildman–Crippen LogP) is 2.00. The summed E-state index contributed by atoms with van der Waals surface area (Å²) in [6.45, 7) is 1.95. The lowest BCUT2D eigenvalue weighted by atomic mass is 9.82. The van der Waals surface area contributed by atoms with E-state index in [1.807, 2.05) is 0 Å². The second-order valence-corrected chi connectivity index (χ2v) is 10.2. The molecule has 2 aliphatic carbocycles. The number of hydrogen-bond donors (Lipinski definition) is 2. The third-order valence-corrected chi connectivity index (χ3v) is 7.85. The molecule has 4 fully saturated rings. The largest absolute Gasteiger partial charge is 0.522 e. The average Bonchev–Trinajstić information content (AvgIpc) is 3.37. The molecule has 2 amide bonds. The van der Waals surface area contributed by atoms with Gasteiger partial charge in [-0.15, -0.1) is 13.2 Å². The number of amides is 2. The first kappa shape index (κ1) is 25.9. The Labute approximate surface area is 201 Å². The van der Waals surface area contributed by atoms with Gasteiger partial charge in [0.2, 0.25) is 5.91 Å². The number of ether oxygens (including phenoxy) is 2. The van der Waals surface area contributed by atoms with Gasteiger partial charge in [0.25, 0.3) is 0 Å². The monoisotopic (exact) mass is 507 g/mol. The van der Waals surface area contributed by atoms with E-state index in [1.54, 1.807) is 9.80 Å². The van der Waals surface area contributed by atoms with E-state index >= 15 is 0 Å². The second kappa shape index (κ2) is 10.5. The maximum absolute atomic E-state index is 14.6. The van der Waals surface area contributed by atoms with Crippen LogP contribution in [0, 0.1) is 23.7 Å². The maximum Gasteiger partial charge on any atom is 0.522 e. The number of hydrogen-bond acceptors (Lipinski definition) is 7. The van der Waals surface area contributed by atoms with Gasteiger partial charge in [-0.2, -0.15) is 5.10 Å². The van der Waals surface area contributed by atoms with Crippen molar-refractivity contribution in [3.8, 4) is 0 Å². The van der Waals surface area contributed by atoms with Crippen molar-refractivity contribution in [2.45, 2.75) is 63.2 Å². The molecule has 4 rings (SSSR count). The molecule has 5 atom stereocenters. The Bertz CT molecular complexity index is 806. The van der Waals surface area contributed by atoms with Crippen molar-refractivity contribution in [1.29, 1.82) is 0 Å². The highest BCUT2D eigenvalue weighted by molar-refractivity contribution is 5.95. The molecule has 0 bridgehead atoms. The molecule has 35 heavy (non-hydrogen) atoms. The molecule has 9 nitrogen and oxygen atoms in total. The summed E-state index contributed by atoms with van der Waals surface area (Å²) in [6.07, 6.45) is -5.53. The molecule has 0 aromatic carbocycles. The molecule has 2 aliphatic heterocycles. The molecule has 198 valence electrons. The summed E-state index contributed by atoms with van der Waals surface area (Å²) in [5, 5.41) is 3.62. The summed E-state index contributed by atoms with van der Waals surface area (Å²) in [6, 6.07) is -0.570. The van der Waals surface area contributed by atoms with Gasteiger partial charge < -0.3 is 26.1 Å². The van der Waals surface area contributed by atoms with Gasteiger partial charge in [-0.3, -0.25) is 9.53 Å².